The van der Waals surface area contributed by atoms with Crippen LogP contribution in [0.15, 0.2) is 36.4 Å². The largest absolute Gasteiger partial charge is 0.493 e. The Labute approximate surface area is 133 Å². The average molecular weight is 312 g/mol. The van der Waals surface area contributed by atoms with E-state index in [9.17, 15) is 9.59 Å². The molecular weight excluding hydrogens is 296 g/mol. The van der Waals surface area contributed by atoms with Crippen LogP contribution in [-0.2, 0) is 11.2 Å². The van der Waals surface area contributed by atoms with Gasteiger partial charge in [0, 0.05) is 16.9 Å². The summed E-state index contributed by atoms with van der Waals surface area (Å²) in [5.41, 5.74) is 2.76. The molecule has 3 rings (SSSR count). The lowest BCUT2D eigenvalue weighted by atomic mass is 10.1. The molecule has 0 saturated carbocycles. The number of carbonyl (C=O) groups excluding carboxylic acids is 2. The highest BCUT2D eigenvalue weighted by molar-refractivity contribution is 6.05. The molecule has 6 nitrogen and oxygen atoms in total. The number of anilines is 2. The summed E-state index contributed by atoms with van der Waals surface area (Å²) in [5.74, 6) is 0.752. The van der Waals surface area contributed by atoms with Gasteiger partial charge in [-0.1, -0.05) is 0 Å². The third-order valence-electron chi connectivity index (χ3n) is 3.63. The predicted octanol–water partition coefficient (Wildman–Crippen LogP) is 2.45. The third kappa shape index (κ3) is 2.96. The summed E-state index contributed by atoms with van der Waals surface area (Å²) in [5, 5.41) is 5.57. The van der Waals surface area contributed by atoms with E-state index in [1.54, 1.807) is 36.4 Å². The first kappa shape index (κ1) is 14.9. The van der Waals surface area contributed by atoms with Crippen molar-refractivity contribution < 1.29 is 19.1 Å². The lowest BCUT2D eigenvalue weighted by Gasteiger charge is -2.10. The van der Waals surface area contributed by atoms with Gasteiger partial charge in [0.15, 0.2) is 11.5 Å². The van der Waals surface area contributed by atoms with Gasteiger partial charge in [-0.2, -0.15) is 0 Å². The highest BCUT2D eigenvalue weighted by atomic mass is 16.5. The van der Waals surface area contributed by atoms with Crippen LogP contribution in [-0.4, -0.2) is 26.0 Å². The number of fused-ring (bicyclic) bond motifs is 1. The Bertz CT molecular complexity index is 786. The first-order chi connectivity index (χ1) is 11.1. The van der Waals surface area contributed by atoms with Gasteiger partial charge in [0.25, 0.3) is 5.91 Å². The Kier molecular flexibility index (Phi) is 3.89. The Balaban J connectivity index is 1.80. The molecule has 0 fully saturated rings. The number of hydrogen-bond donors (Lipinski definition) is 2. The van der Waals surface area contributed by atoms with Gasteiger partial charge in [-0.15, -0.1) is 0 Å². The van der Waals surface area contributed by atoms with Crippen LogP contribution < -0.4 is 20.1 Å². The quantitative estimate of drug-likeness (QED) is 0.909. The molecular formula is C17H16N2O4. The summed E-state index contributed by atoms with van der Waals surface area (Å²) in [7, 11) is 3.06. The molecule has 0 unspecified atom stereocenters. The summed E-state index contributed by atoms with van der Waals surface area (Å²) in [4.78, 5) is 23.7. The Morgan fingerprint density at radius 3 is 2.61 bits per heavy atom. The monoisotopic (exact) mass is 312 g/mol. The smallest absolute Gasteiger partial charge is 0.255 e. The van der Waals surface area contributed by atoms with Gasteiger partial charge in [0.1, 0.15) is 0 Å². The Hall–Kier alpha value is -3.02. The van der Waals surface area contributed by atoms with Gasteiger partial charge >= 0.3 is 0 Å². The highest BCUT2D eigenvalue weighted by Crippen LogP contribution is 2.29. The summed E-state index contributed by atoms with van der Waals surface area (Å²) < 4.78 is 10.4. The van der Waals surface area contributed by atoms with Crippen LogP contribution in [0.3, 0.4) is 0 Å². The van der Waals surface area contributed by atoms with Crippen molar-refractivity contribution in [1.29, 1.82) is 0 Å². The molecule has 0 saturated heterocycles. The van der Waals surface area contributed by atoms with Crippen LogP contribution in [0.4, 0.5) is 11.4 Å². The number of hydrogen-bond acceptors (Lipinski definition) is 4. The fourth-order valence-corrected chi connectivity index (χ4v) is 2.49. The molecule has 2 aromatic rings. The predicted molar refractivity (Wildman–Crippen MR) is 86.3 cm³/mol. The number of nitrogens with one attached hydrogen (secondary N) is 2. The molecule has 0 atom stereocenters. The van der Waals surface area contributed by atoms with Gasteiger partial charge in [-0.05, 0) is 42.0 Å². The topological polar surface area (TPSA) is 76.7 Å². The number of methoxy groups -OCH3 is 2. The van der Waals surface area contributed by atoms with E-state index in [1.165, 1.54) is 14.2 Å². The molecule has 23 heavy (non-hydrogen) atoms. The normalized spacial score (nSPS) is 12.3. The third-order valence-corrected chi connectivity index (χ3v) is 3.63. The van der Waals surface area contributed by atoms with E-state index in [-0.39, 0.29) is 11.8 Å². The molecule has 0 aliphatic carbocycles. The van der Waals surface area contributed by atoms with Crippen LogP contribution in [0.2, 0.25) is 0 Å². The van der Waals surface area contributed by atoms with Crippen molar-refractivity contribution in [3.8, 4) is 11.5 Å². The van der Waals surface area contributed by atoms with E-state index in [4.69, 9.17) is 9.47 Å². The Morgan fingerprint density at radius 1 is 1.09 bits per heavy atom. The first-order valence-electron chi connectivity index (χ1n) is 7.07. The number of ether oxygens (including phenoxy) is 2. The molecule has 2 amide bonds. The molecule has 0 bridgehead atoms. The van der Waals surface area contributed by atoms with E-state index in [0.29, 0.717) is 29.2 Å². The molecule has 0 spiro atoms. The maximum Gasteiger partial charge on any atom is 0.255 e. The van der Waals surface area contributed by atoms with Gasteiger partial charge in [-0.3, -0.25) is 9.59 Å². The van der Waals surface area contributed by atoms with E-state index < -0.39 is 0 Å². The molecule has 2 aromatic carbocycles. The molecule has 1 aliphatic rings. The molecule has 6 heteroatoms. The standard InChI is InChI=1S/C17H16N2O4/c1-22-14-6-3-10(8-15(14)23-2)17(21)18-12-4-5-13-11(7-12)9-16(20)19-13/h3-8H,9H2,1-2H3,(H,18,21)(H,19,20). The van der Waals surface area contributed by atoms with Crippen LogP contribution >= 0.6 is 0 Å². The van der Waals surface area contributed by atoms with Crippen LogP contribution in [0.5, 0.6) is 11.5 Å². The van der Waals surface area contributed by atoms with Crippen molar-refractivity contribution in [1.82, 2.24) is 0 Å². The first-order valence-corrected chi connectivity index (χ1v) is 7.07. The average Bonchev–Trinajstić information content (AvgIpc) is 2.93. The maximum absolute atomic E-state index is 12.4. The van der Waals surface area contributed by atoms with Gasteiger partial charge in [0.05, 0.1) is 20.6 Å². The second-order valence-corrected chi connectivity index (χ2v) is 5.12. The van der Waals surface area contributed by atoms with Crippen molar-refractivity contribution in [2.24, 2.45) is 0 Å². The second kappa shape index (κ2) is 6.00. The lowest BCUT2D eigenvalue weighted by Crippen LogP contribution is -2.12. The highest BCUT2D eigenvalue weighted by Gasteiger charge is 2.18. The van der Waals surface area contributed by atoms with E-state index in [0.717, 1.165) is 11.3 Å². The van der Waals surface area contributed by atoms with E-state index in [1.807, 2.05) is 0 Å². The summed E-state index contributed by atoms with van der Waals surface area (Å²) in [6.07, 6.45) is 0.329. The number of rotatable bonds is 4. The van der Waals surface area contributed by atoms with Crippen molar-refractivity contribution in [2.75, 3.05) is 24.9 Å². The zero-order valence-electron chi connectivity index (χ0n) is 12.8. The molecule has 118 valence electrons. The van der Waals surface area contributed by atoms with Crippen molar-refractivity contribution >= 4 is 23.2 Å². The lowest BCUT2D eigenvalue weighted by molar-refractivity contribution is -0.115. The molecule has 2 N–H and O–H groups in total. The van der Waals surface area contributed by atoms with Crippen molar-refractivity contribution in [3.05, 3.63) is 47.5 Å². The molecule has 1 aliphatic heterocycles. The van der Waals surface area contributed by atoms with Gasteiger partial charge in [-0.25, -0.2) is 0 Å². The second-order valence-electron chi connectivity index (χ2n) is 5.12. The van der Waals surface area contributed by atoms with Crippen LogP contribution in [0.1, 0.15) is 15.9 Å². The Morgan fingerprint density at radius 2 is 1.87 bits per heavy atom. The number of carbonyl (C=O) groups is 2. The molecule has 1 heterocycles. The van der Waals surface area contributed by atoms with Crippen molar-refractivity contribution in [3.63, 3.8) is 0 Å². The minimum atomic E-state index is -0.261. The van der Waals surface area contributed by atoms with E-state index >= 15 is 0 Å². The maximum atomic E-state index is 12.4. The zero-order chi connectivity index (χ0) is 16.4. The van der Waals surface area contributed by atoms with Crippen molar-refractivity contribution in [2.45, 2.75) is 6.42 Å². The number of benzene rings is 2. The molecule has 0 aromatic heterocycles. The SMILES string of the molecule is COc1ccc(C(=O)Nc2ccc3c(c2)CC(=O)N3)cc1OC. The van der Waals surface area contributed by atoms with Crippen LogP contribution in [0.25, 0.3) is 0 Å². The summed E-state index contributed by atoms with van der Waals surface area (Å²) in [6.45, 7) is 0. The van der Waals surface area contributed by atoms with Gasteiger partial charge in [0.2, 0.25) is 5.91 Å². The van der Waals surface area contributed by atoms with E-state index in [2.05, 4.69) is 10.6 Å². The number of amides is 2. The van der Waals surface area contributed by atoms with Gasteiger partial charge < -0.3 is 20.1 Å². The minimum Gasteiger partial charge on any atom is -0.493 e. The molecule has 0 radical (unpaired) electrons. The fraction of sp³-hybridized carbons (Fsp3) is 0.176. The summed E-state index contributed by atoms with van der Waals surface area (Å²) in [6, 6.07) is 10.3. The van der Waals surface area contributed by atoms with Crippen LogP contribution in [0, 0.1) is 0 Å². The minimum absolute atomic E-state index is 0.0385. The fourth-order valence-electron chi connectivity index (χ4n) is 2.49. The zero-order valence-corrected chi connectivity index (χ0v) is 12.8. The summed E-state index contributed by atoms with van der Waals surface area (Å²) >= 11 is 0.